The van der Waals surface area contributed by atoms with Gasteiger partial charge in [-0.25, -0.2) is 0 Å². The summed E-state index contributed by atoms with van der Waals surface area (Å²) in [6, 6.07) is 19.7. The Hall–Kier alpha value is -4.72. The minimum Gasteiger partial charge on any atom is -0.497 e. The van der Waals surface area contributed by atoms with Gasteiger partial charge in [0.15, 0.2) is 0 Å². The first-order valence-corrected chi connectivity index (χ1v) is 11.2. The van der Waals surface area contributed by atoms with Crippen LogP contribution in [0.3, 0.4) is 0 Å². The summed E-state index contributed by atoms with van der Waals surface area (Å²) in [7, 11) is 4.72. The highest BCUT2D eigenvalue weighted by Crippen LogP contribution is 2.26. The molecule has 4 rings (SSSR count). The second-order valence-corrected chi connectivity index (χ2v) is 7.89. The Kier molecular flexibility index (Phi) is 7.55. The van der Waals surface area contributed by atoms with Gasteiger partial charge in [0.1, 0.15) is 22.9 Å². The number of H-pyrrole nitrogens is 1. The van der Waals surface area contributed by atoms with Crippen molar-refractivity contribution in [3.63, 3.8) is 0 Å². The number of hydrogen-bond donors (Lipinski definition) is 3. The molecule has 0 saturated carbocycles. The molecule has 0 aliphatic carbocycles. The predicted octanol–water partition coefficient (Wildman–Crippen LogP) is 4.28. The van der Waals surface area contributed by atoms with Gasteiger partial charge in [-0.3, -0.25) is 9.59 Å². The second kappa shape index (κ2) is 11.1. The first-order chi connectivity index (χ1) is 17.5. The minimum atomic E-state index is -0.450. The molecule has 2 amide bonds. The van der Waals surface area contributed by atoms with E-state index in [2.05, 4.69) is 15.6 Å². The number of nitrogens with one attached hydrogen (secondary N) is 3. The Morgan fingerprint density at radius 2 is 1.61 bits per heavy atom. The van der Waals surface area contributed by atoms with Crippen molar-refractivity contribution in [3.8, 4) is 17.2 Å². The van der Waals surface area contributed by atoms with Gasteiger partial charge in [0.2, 0.25) is 0 Å². The van der Waals surface area contributed by atoms with E-state index in [1.54, 1.807) is 70.0 Å². The van der Waals surface area contributed by atoms with E-state index in [4.69, 9.17) is 14.2 Å². The summed E-state index contributed by atoms with van der Waals surface area (Å²) in [4.78, 5) is 29.4. The molecular weight excluding hydrogens is 458 g/mol. The molecule has 1 heterocycles. The Morgan fingerprint density at radius 3 is 2.33 bits per heavy atom. The minimum absolute atomic E-state index is 0.0973. The van der Waals surface area contributed by atoms with E-state index >= 15 is 0 Å². The molecule has 4 aromatic rings. The van der Waals surface area contributed by atoms with Gasteiger partial charge in [-0.2, -0.15) is 0 Å². The summed E-state index contributed by atoms with van der Waals surface area (Å²) in [5.74, 6) is 1.07. The lowest BCUT2D eigenvalue weighted by Crippen LogP contribution is -2.34. The number of methoxy groups -OCH3 is 3. The van der Waals surface area contributed by atoms with Gasteiger partial charge in [0.25, 0.3) is 11.8 Å². The van der Waals surface area contributed by atoms with Crippen LogP contribution in [-0.2, 0) is 11.3 Å². The van der Waals surface area contributed by atoms with Gasteiger partial charge in [0, 0.05) is 46.4 Å². The van der Waals surface area contributed by atoms with Crippen LogP contribution < -0.4 is 24.8 Å². The summed E-state index contributed by atoms with van der Waals surface area (Å²) in [6.45, 7) is 0.187. The summed E-state index contributed by atoms with van der Waals surface area (Å²) >= 11 is 0. The maximum absolute atomic E-state index is 13.3. The predicted molar refractivity (Wildman–Crippen MR) is 138 cm³/mol. The summed E-state index contributed by atoms with van der Waals surface area (Å²) < 4.78 is 16.0. The number of benzene rings is 3. The van der Waals surface area contributed by atoms with E-state index in [0.29, 0.717) is 22.8 Å². The average Bonchev–Trinajstić information content (AvgIpc) is 3.33. The largest absolute Gasteiger partial charge is 0.497 e. The first-order valence-electron chi connectivity index (χ1n) is 11.2. The maximum Gasteiger partial charge on any atom is 0.268 e. The van der Waals surface area contributed by atoms with E-state index in [1.807, 2.05) is 30.3 Å². The smallest absolute Gasteiger partial charge is 0.268 e. The Bertz CT molecular complexity index is 1410. The fourth-order valence-electron chi connectivity index (χ4n) is 3.73. The number of amides is 2. The second-order valence-electron chi connectivity index (χ2n) is 7.89. The molecule has 184 valence electrons. The summed E-state index contributed by atoms with van der Waals surface area (Å²) in [5.41, 5.74) is 2.90. The van der Waals surface area contributed by atoms with E-state index in [0.717, 1.165) is 22.0 Å². The fraction of sp³-hybridized carbons (Fsp3) is 0.143. The normalized spacial score (nSPS) is 11.1. The molecule has 0 aliphatic rings. The molecule has 0 saturated heterocycles. The lowest BCUT2D eigenvalue weighted by molar-refractivity contribution is -0.117. The van der Waals surface area contributed by atoms with Crippen LogP contribution in [0.1, 0.15) is 21.5 Å². The van der Waals surface area contributed by atoms with Crippen LogP contribution in [0, 0.1) is 0 Å². The molecule has 3 N–H and O–H groups in total. The fourth-order valence-corrected chi connectivity index (χ4v) is 3.73. The van der Waals surface area contributed by atoms with Gasteiger partial charge in [-0.15, -0.1) is 0 Å². The van der Waals surface area contributed by atoms with E-state index in [9.17, 15) is 9.59 Å². The molecule has 0 atom stereocenters. The number of hydrogen-bond acceptors (Lipinski definition) is 5. The van der Waals surface area contributed by atoms with Crippen LogP contribution >= 0.6 is 0 Å². The molecule has 0 radical (unpaired) electrons. The Balaban J connectivity index is 1.64. The monoisotopic (exact) mass is 485 g/mol. The van der Waals surface area contributed by atoms with Gasteiger partial charge in [0.05, 0.1) is 21.3 Å². The van der Waals surface area contributed by atoms with Crippen molar-refractivity contribution in [2.45, 2.75) is 6.54 Å². The third kappa shape index (κ3) is 5.50. The number of carbonyl (C=O) groups is 2. The van der Waals surface area contributed by atoms with Crippen LogP contribution in [0.5, 0.6) is 17.2 Å². The average molecular weight is 486 g/mol. The number of aromatic nitrogens is 1. The van der Waals surface area contributed by atoms with Crippen molar-refractivity contribution in [3.05, 3.63) is 95.3 Å². The third-order valence-corrected chi connectivity index (χ3v) is 5.68. The molecule has 3 aromatic carbocycles. The third-order valence-electron chi connectivity index (χ3n) is 5.68. The van der Waals surface area contributed by atoms with Crippen molar-refractivity contribution >= 4 is 28.8 Å². The van der Waals surface area contributed by atoms with E-state index in [-0.39, 0.29) is 12.2 Å². The van der Waals surface area contributed by atoms with Crippen molar-refractivity contribution in [1.29, 1.82) is 0 Å². The zero-order valence-electron chi connectivity index (χ0n) is 20.3. The number of rotatable bonds is 9. The SMILES string of the molecule is COc1ccc(CNC(=O)/C(=C/c2c[nH]c3ccc(OC)cc23)NC(=O)c2ccccc2)c(OC)c1. The van der Waals surface area contributed by atoms with Gasteiger partial charge in [-0.05, 0) is 48.5 Å². The molecular formula is C28H27N3O5. The topological polar surface area (TPSA) is 102 Å². The molecule has 0 unspecified atom stereocenters. The molecule has 8 nitrogen and oxygen atoms in total. The number of aromatic amines is 1. The zero-order chi connectivity index (χ0) is 25.5. The highest BCUT2D eigenvalue weighted by molar-refractivity contribution is 6.06. The van der Waals surface area contributed by atoms with Crippen LogP contribution in [0.25, 0.3) is 17.0 Å². The lowest BCUT2D eigenvalue weighted by Gasteiger charge is -2.13. The standard InChI is InChI=1S/C28H27N3O5/c1-34-21-11-12-24-23(14-21)20(17-29-24)13-25(31-27(32)18-7-5-4-6-8-18)28(33)30-16-19-9-10-22(35-2)15-26(19)36-3/h4-15,17,29H,16H2,1-3H3,(H,30,33)(H,31,32)/b25-13-. The number of ether oxygens (including phenoxy) is 3. The van der Waals surface area contributed by atoms with Crippen LogP contribution in [-0.4, -0.2) is 38.1 Å². The quantitative estimate of drug-likeness (QED) is 0.307. The lowest BCUT2D eigenvalue weighted by atomic mass is 10.1. The molecule has 0 aliphatic heterocycles. The van der Waals surface area contributed by atoms with E-state index in [1.165, 1.54) is 0 Å². The first kappa shape index (κ1) is 24.4. The highest BCUT2D eigenvalue weighted by atomic mass is 16.5. The van der Waals surface area contributed by atoms with Crippen molar-refractivity contribution in [2.24, 2.45) is 0 Å². The zero-order valence-corrected chi connectivity index (χ0v) is 20.3. The van der Waals surface area contributed by atoms with E-state index < -0.39 is 11.8 Å². The Morgan fingerprint density at radius 1 is 0.889 bits per heavy atom. The molecule has 0 fully saturated rings. The van der Waals surface area contributed by atoms with Crippen molar-refractivity contribution in [2.75, 3.05) is 21.3 Å². The molecule has 1 aromatic heterocycles. The molecule has 36 heavy (non-hydrogen) atoms. The number of fused-ring (bicyclic) bond motifs is 1. The molecule has 8 heteroatoms. The Labute approximate surface area is 208 Å². The van der Waals surface area contributed by atoms with Crippen LogP contribution in [0.4, 0.5) is 0 Å². The van der Waals surface area contributed by atoms with Crippen molar-refractivity contribution < 1.29 is 23.8 Å². The van der Waals surface area contributed by atoms with Crippen molar-refractivity contribution in [1.82, 2.24) is 15.6 Å². The van der Waals surface area contributed by atoms with Gasteiger partial charge < -0.3 is 29.8 Å². The number of carbonyl (C=O) groups excluding carboxylic acids is 2. The van der Waals surface area contributed by atoms with Crippen LogP contribution in [0.2, 0.25) is 0 Å². The maximum atomic E-state index is 13.3. The van der Waals surface area contributed by atoms with Gasteiger partial charge in [-0.1, -0.05) is 18.2 Å². The highest BCUT2D eigenvalue weighted by Gasteiger charge is 2.17. The summed E-state index contributed by atoms with van der Waals surface area (Å²) in [5, 5.41) is 6.49. The molecule has 0 spiro atoms. The van der Waals surface area contributed by atoms with Crippen LogP contribution in [0.15, 0.2) is 78.6 Å². The van der Waals surface area contributed by atoms with Gasteiger partial charge >= 0.3 is 0 Å². The molecule has 0 bridgehead atoms. The summed E-state index contributed by atoms with van der Waals surface area (Å²) in [6.07, 6.45) is 3.41.